The van der Waals surface area contributed by atoms with E-state index >= 15 is 0 Å². The lowest BCUT2D eigenvalue weighted by Crippen LogP contribution is -2.63. The Bertz CT molecular complexity index is 455. The van der Waals surface area contributed by atoms with Crippen molar-refractivity contribution in [3.8, 4) is 0 Å². The second-order valence-corrected chi connectivity index (χ2v) is 5.96. The Morgan fingerprint density at radius 1 is 1.40 bits per heavy atom. The van der Waals surface area contributed by atoms with E-state index in [1.807, 2.05) is 29.2 Å². The lowest BCUT2D eigenvalue weighted by Gasteiger charge is -2.46. The van der Waals surface area contributed by atoms with Crippen LogP contribution in [0.2, 0.25) is 5.02 Å². The second kappa shape index (κ2) is 6.57. The lowest BCUT2D eigenvalue weighted by atomic mass is 9.89. The van der Waals surface area contributed by atoms with Gasteiger partial charge in [0.25, 0.3) is 0 Å². The Labute approximate surface area is 124 Å². The van der Waals surface area contributed by atoms with Crippen LogP contribution in [0.4, 0.5) is 0 Å². The summed E-state index contributed by atoms with van der Waals surface area (Å²) in [6, 6.07) is 7.41. The van der Waals surface area contributed by atoms with E-state index < -0.39 is 5.60 Å². The van der Waals surface area contributed by atoms with Gasteiger partial charge in [-0.15, -0.1) is 0 Å². The Morgan fingerprint density at radius 3 is 2.65 bits per heavy atom. The minimum Gasteiger partial charge on any atom is -0.387 e. The molecular weight excluding hydrogens is 276 g/mol. The maximum atomic E-state index is 11.8. The summed E-state index contributed by atoms with van der Waals surface area (Å²) in [4.78, 5) is 13.8. The normalized spacial score (nSPS) is 17.6. The van der Waals surface area contributed by atoms with Gasteiger partial charge >= 0.3 is 0 Å². The molecule has 0 radical (unpaired) electrons. The summed E-state index contributed by atoms with van der Waals surface area (Å²) < 4.78 is 0. The van der Waals surface area contributed by atoms with E-state index in [1.165, 1.54) is 0 Å². The SMILES string of the molecule is CCCC1(O)CN(CC(=O)NCc2ccc(Cl)cc2)C1. The predicted molar refractivity (Wildman–Crippen MR) is 79.6 cm³/mol. The molecule has 0 saturated carbocycles. The largest absolute Gasteiger partial charge is 0.387 e. The number of carbonyl (C=O) groups excluding carboxylic acids is 1. The number of rotatable bonds is 6. The highest BCUT2D eigenvalue weighted by atomic mass is 35.5. The molecule has 0 aromatic heterocycles. The molecule has 1 saturated heterocycles. The lowest BCUT2D eigenvalue weighted by molar-refractivity contribution is -0.133. The Hall–Kier alpha value is -1.10. The van der Waals surface area contributed by atoms with Gasteiger partial charge in [0, 0.05) is 24.7 Å². The first-order chi connectivity index (χ1) is 9.50. The molecule has 110 valence electrons. The molecule has 1 aliphatic heterocycles. The fourth-order valence-corrected chi connectivity index (χ4v) is 2.71. The van der Waals surface area contributed by atoms with E-state index in [0.29, 0.717) is 31.2 Å². The first kappa shape index (κ1) is 15.3. The number of carbonyl (C=O) groups is 1. The van der Waals surface area contributed by atoms with Crippen LogP contribution >= 0.6 is 11.6 Å². The fourth-order valence-electron chi connectivity index (χ4n) is 2.58. The standard InChI is InChI=1S/C15H21ClN2O2/c1-2-7-15(20)10-18(11-15)9-14(19)17-8-12-3-5-13(16)6-4-12/h3-6,20H,2,7-11H2,1H3,(H,17,19). The number of nitrogens with one attached hydrogen (secondary N) is 1. The van der Waals surface area contributed by atoms with Crippen molar-refractivity contribution in [1.29, 1.82) is 0 Å². The third-order valence-corrected chi connectivity index (χ3v) is 3.77. The fraction of sp³-hybridized carbons (Fsp3) is 0.533. The number of halogens is 1. The van der Waals surface area contributed by atoms with Gasteiger partial charge in [0.05, 0.1) is 12.1 Å². The monoisotopic (exact) mass is 296 g/mol. The van der Waals surface area contributed by atoms with Crippen LogP contribution in [-0.2, 0) is 11.3 Å². The summed E-state index contributed by atoms with van der Waals surface area (Å²) in [5.74, 6) is -0.0153. The number of likely N-dealkylation sites (tertiary alicyclic amines) is 1. The van der Waals surface area contributed by atoms with Gasteiger partial charge in [-0.25, -0.2) is 0 Å². The van der Waals surface area contributed by atoms with Gasteiger partial charge in [-0.3, -0.25) is 9.69 Å². The van der Waals surface area contributed by atoms with Crippen LogP contribution in [0, 0.1) is 0 Å². The molecule has 20 heavy (non-hydrogen) atoms. The van der Waals surface area contributed by atoms with Crippen LogP contribution < -0.4 is 5.32 Å². The highest BCUT2D eigenvalue weighted by molar-refractivity contribution is 6.30. The molecular formula is C15H21ClN2O2. The Kier molecular flexibility index (Phi) is 5.02. The summed E-state index contributed by atoms with van der Waals surface area (Å²) >= 11 is 5.80. The molecule has 2 N–H and O–H groups in total. The summed E-state index contributed by atoms with van der Waals surface area (Å²) in [5, 5.41) is 13.6. The first-order valence-electron chi connectivity index (χ1n) is 6.97. The van der Waals surface area contributed by atoms with Crippen molar-refractivity contribution in [3.63, 3.8) is 0 Å². The molecule has 1 fully saturated rings. The predicted octanol–water partition coefficient (Wildman–Crippen LogP) is 1.80. The summed E-state index contributed by atoms with van der Waals surface area (Å²) in [6.45, 7) is 4.09. The zero-order valence-corrected chi connectivity index (χ0v) is 12.5. The zero-order chi connectivity index (χ0) is 14.6. The third kappa shape index (κ3) is 4.20. The number of amides is 1. The van der Waals surface area contributed by atoms with Crippen molar-refractivity contribution < 1.29 is 9.90 Å². The van der Waals surface area contributed by atoms with Crippen LogP contribution in [0.25, 0.3) is 0 Å². The quantitative estimate of drug-likeness (QED) is 0.842. The molecule has 1 aromatic carbocycles. The van der Waals surface area contributed by atoms with E-state index in [0.717, 1.165) is 18.4 Å². The number of β-amino-alcohol motifs (C(OH)–C–C–N with tert-alkyl or cyclic N) is 1. The van der Waals surface area contributed by atoms with Crippen molar-refractivity contribution in [2.45, 2.75) is 31.9 Å². The Morgan fingerprint density at radius 2 is 2.05 bits per heavy atom. The van der Waals surface area contributed by atoms with Gasteiger partial charge in [0.1, 0.15) is 0 Å². The van der Waals surface area contributed by atoms with E-state index in [-0.39, 0.29) is 5.91 Å². The van der Waals surface area contributed by atoms with E-state index in [2.05, 4.69) is 12.2 Å². The van der Waals surface area contributed by atoms with Crippen molar-refractivity contribution in [1.82, 2.24) is 10.2 Å². The van der Waals surface area contributed by atoms with Crippen LogP contribution in [-0.4, -0.2) is 41.1 Å². The molecule has 0 aliphatic carbocycles. The van der Waals surface area contributed by atoms with Gasteiger partial charge in [0.15, 0.2) is 0 Å². The van der Waals surface area contributed by atoms with Gasteiger partial charge in [0.2, 0.25) is 5.91 Å². The molecule has 2 rings (SSSR count). The molecule has 0 spiro atoms. The van der Waals surface area contributed by atoms with E-state index in [9.17, 15) is 9.90 Å². The van der Waals surface area contributed by atoms with Crippen LogP contribution in [0.15, 0.2) is 24.3 Å². The molecule has 0 unspecified atom stereocenters. The Balaban J connectivity index is 1.68. The van der Waals surface area contributed by atoms with Crippen molar-refractivity contribution in [3.05, 3.63) is 34.9 Å². The van der Waals surface area contributed by atoms with Crippen LogP contribution in [0.3, 0.4) is 0 Å². The number of benzene rings is 1. The van der Waals surface area contributed by atoms with Gasteiger partial charge in [-0.1, -0.05) is 37.1 Å². The summed E-state index contributed by atoms with van der Waals surface area (Å²) in [5.41, 5.74) is 0.444. The van der Waals surface area contributed by atoms with Crippen molar-refractivity contribution in [2.24, 2.45) is 0 Å². The maximum absolute atomic E-state index is 11.8. The van der Waals surface area contributed by atoms with Gasteiger partial charge < -0.3 is 10.4 Å². The number of aliphatic hydroxyl groups is 1. The summed E-state index contributed by atoms with van der Waals surface area (Å²) in [7, 11) is 0. The average molecular weight is 297 g/mol. The van der Waals surface area contributed by atoms with E-state index in [4.69, 9.17) is 11.6 Å². The number of hydrogen-bond donors (Lipinski definition) is 2. The van der Waals surface area contributed by atoms with Crippen LogP contribution in [0.5, 0.6) is 0 Å². The smallest absolute Gasteiger partial charge is 0.234 e. The average Bonchev–Trinajstić information content (AvgIpc) is 2.36. The molecule has 0 bridgehead atoms. The number of nitrogens with zero attached hydrogens (tertiary/aromatic N) is 1. The van der Waals surface area contributed by atoms with Crippen LogP contribution in [0.1, 0.15) is 25.3 Å². The zero-order valence-electron chi connectivity index (χ0n) is 11.7. The van der Waals surface area contributed by atoms with E-state index in [1.54, 1.807) is 0 Å². The third-order valence-electron chi connectivity index (χ3n) is 3.52. The molecule has 1 amide bonds. The molecule has 0 atom stereocenters. The minimum atomic E-state index is -0.578. The van der Waals surface area contributed by atoms with Crippen molar-refractivity contribution in [2.75, 3.05) is 19.6 Å². The molecule has 1 aromatic rings. The van der Waals surface area contributed by atoms with Gasteiger partial charge in [-0.2, -0.15) is 0 Å². The summed E-state index contributed by atoms with van der Waals surface area (Å²) in [6.07, 6.45) is 1.77. The van der Waals surface area contributed by atoms with Crippen molar-refractivity contribution >= 4 is 17.5 Å². The molecule has 1 aliphatic rings. The minimum absolute atomic E-state index is 0.0153. The second-order valence-electron chi connectivity index (χ2n) is 5.52. The molecule has 4 nitrogen and oxygen atoms in total. The topological polar surface area (TPSA) is 52.6 Å². The molecule has 1 heterocycles. The highest BCUT2D eigenvalue weighted by Crippen LogP contribution is 2.25. The van der Waals surface area contributed by atoms with Gasteiger partial charge in [-0.05, 0) is 24.1 Å². The first-order valence-corrected chi connectivity index (χ1v) is 7.34. The maximum Gasteiger partial charge on any atom is 0.234 e. The number of hydrogen-bond acceptors (Lipinski definition) is 3. The highest BCUT2D eigenvalue weighted by Gasteiger charge is 2.40. The molecule has 5 heteroatoms.